The average Bonchev–Trinajstić information content (AvgIpc) is 2.19. The third-order valence-corrected chi connectivity index (χ3v) is 6.31. The first-order valence-electron chi connectivity index (χ1n) is 4.40. The van der Waals surface area contributed by atoms with Crippen molar-refractivity contribution in [2.24, 2.45) is 0 Å². The molecule has 0 amide bonds. The van der Waals surface area contributed by atoms with Crippen molar-refractivity contribution < 1.29 is 14.0 Å². The Morgan fingerprint density at radius 1 is 1.44 bits per heavy atom. The Kier molecular flexibility index (Phi) is 3.98. The number of benzene rings is 1. The summed E-state index contributed by atoms with van der Waals surface area (Å²) in [7, 11) is 0. The molecule has 1 aromatic rings. The molecule has 0 bridgehead atoms. The van der Waals surface area contributed by atoms with E-state index in [4.69, 9.17) is 5.26 Å². The van der Waals surface area contributed by atoms with Gasteiger partial charge in [0, 0.05) is 0 Å². The van der Waals surface area contributed by atoms with E-state index in [9.17, 15) is 14.0 Å². The van der Waals surface area contributed by atoms with Gasteiger partial charge in [-0.05, 0) is 0 Å². The Hall–Kier alpha value is -1.46. The summed E-state index contributed by atoms with van der Waals surface area (Å²) < 4.78 is 12.7. The van der Waals surface area contributed by atoms with Crippen LogP contribution in [-0.4, -0.2) is 23.8 Å². The molecule has 5 heteroatoms. The quantitative estimate of drug-likeness (QED) is 0.756. The van der Waals surface area contributed by atoms with E-state index >= 15 is 0 Å². The number of rotatable bonds is 3. The number of nitrogens with zero attached hydrogens (tertiary/aromatic N) is 1. The van der Waals surface area contributed by atoms with Crippen LogP contribution in [0.3, 0.4) is 0 Å². The standard InChI is InChI=1S/C11H8AsFNO2/c1-7(15)12(8(2)16)11-4-3-10(13)5-9(11)6-14/h4-5H,1-2H3. The second kappa shape index (κ2) is 5.05. The summed E-state index contributed by atoms with van der Waals surface area (Å²) in [6.45, 7) is 2.65. The van der Waals surface area contributed by atoms with Crippen LogP contribution < -0.4 is 4.35 Å². The number of carbonyl (C=O) groups is 2. The van der Waals surface area contributed by atoms with Crippen LogP contribution in [0.2, 0.25) is 0 Å². The Labute approximate surface area is 97.1 Å². The van der Waals surface area contributed by atoms with E-state index in [1.54, 1.807) is 6.07 Å². The van der Waals surface area contributed by atoms with Gasteiger partial charge in [0.2, 0.25) is 0 Å². The molecule has 0 aromatic heterocycles. The van der Waals surface area contributed by atoms with Crippen molar-refractivity contribution >= 4 is 28.1 Å². The molecule has 0 aliphatic heterocycles. The van der Waals surface area contributed by atoms with Crippen LogP contribution in [0.15, 0.2) is 12.1 Å². The van der Waals surface area contributed by atoms with Gasteiger partial charge in [0.05, 0.1) is 0 Å². The van der Waals surface area contributed by atoms with E-state index in [1.165, 1.54) is 19.9 Å². The molecule has 0 aliphatic carbocycles. The molecule has 0 atom stereocenters. The van der Waals surface area contributed by atoms with Crippen LogP contribution in [-0.2, 0) is 9.59 Å². The monoisotopic (exact) mass is 280 g/mol. The molecular formula is C11H8AsFNO2. The van der Waals surface area contributed by atoms with Crippen LogP contribution in [0.5, 0.6) is 0 Å². The third-order valence-electron chi connectivity index (χ3n) is 1.88. The van der Waals surface area contributed by atoms with Crippen LogP contribution in [0.4, 0.5) is 4.39 Å². The summed E-state index contributed by atoms with van der Waals surface area (Å²) in [5, 5.41) is 8.83. The summed E-state index contributed by atoms with van der Waals surface area (Å²) in [5.41, 5.74) is 0.0571. The Morgan fingerprint density at radius 3 is 2.44 bits per heavy atom. The van der Waals surface area contributed by atoms with Crippen molar-refractivity contribution in [2.75, 3.05) is 0 Å². The van der Waals surface area contributed by atoms with Crippen molar-refractivity contribution in [1.82, 2.24) is 0 Å². The van der Waals surface area contributed by atoms with Gasteiger partial charge in [0.15, 0.2) is 0 Å². The van der Waals surface area contributed by atoms with Crippen LogP contribution in [0, 0.1) is 23.2 Å². The molecule has 0 spiro atoms. The van der Waals surface area contributed by atoms with Gasteiger partial charge in [-0.3, -0.25) is 0 Å². The van der Waals surface area contributed by atoms with Crippen molar-refractivity contribution in [3.05, 3.63) is 29.6 Å². The van der Waals surface area contributed by atoms with Gasteiger partial charge in [0.25, 0.3) is 0 Å². The number of hydrogen-bond acceptors (Lipinski definition) is 3. The molecule has 3 nitrogen and oxygen atoms in total. The summed E-state index contributed by atoms with van der Waals surface area (Å²) in [5.74, 6) is -0.665. The zero-order chi connectivity index (χ0) is 12.3. The van der Waals surface area contributed by atoms with Crippen molar-refractivity contribution in [2.45, 2.75) is 13.8 Å². The molecule has 0 saturated carbocycles. The molecule has 1 rings (SSSR count). The molecule has 0 unspecified atom stereocenters. The fourth-order valence-corrected chi connectivity index (χ4v) is 4.80. The maximum absolute atomic E-state index is 12.8. The minimum absolute atomic E-state index is 0.0571. The minimum atomic E-state index is -2.59. The Balaban J connectivity index is 3.36. The molecule has 0 aliphatic rings. The molecule has 16 heavy (non-hydrogen) atoms. The number of halogens is 1. The number of hydrogen-bond donors (Lipinski definition) is 0. The van der Waals surface area contributed by atoms with E-state index in [0.717, 1.165) is 6.07 Å². The normalized spacial score (nSPS) is 9.94. The van der Waals surface area contributed by atoms with E-state index in [2.05, 4.69) is 6.07 Å². The fraction of sp³-hybridized carbons (Fsp3) is 0.182. The van der Waals surface area contributed by atoms with Gasteiger partial charge in [-0.1, -0.05) is 0 Å². The van der Waals surface area contributed by atoms with Crippen LogP contribution in [0.1, 0.15) is 19.4 Å². The van der Waals surface area contributed by atoms with Gasteiger partial charge < -0.3 is 0 Å². The van der Waals surface area contributed by atoms with E-state index in [-0.39, 0.29) is 14.7 Å². The van der Waals surface area contributed by atoms with Gasteiger partial charge >= 0.3 is 96.9 Å². The van der Waals surface area contributed by atoms with Gasteiger partial charge in [-0.2, -0.15) is 0 Å². The van der Waals surface area contributed by atoms with Gasteiger partial charge in [-0.25, -0.2) is 0 Å². The molecular weight excluding hydrogens is 272 g/mol. The molecule has 0 fully saturated rings. The van der Waals surface area contributed by atoms with Gasteiger partial charge in [0.1, 0.15) is 0 Å². The zero-order valence-corrected chi connectivity index (χ0v) is 10.6. The summed E-state index contributed by atoms with van der Waals surface area (Å²) in [6, 6.07) is 6.33. The predicted octanol–water partition coefficient (Wildman–Crippen LogP) is 0.456. The summed E-state index contributed by atoms with van der Waals surface area (Å²) in [4.78, 5) is 22.7. The average molecular weight is 280 g/mol. The molecule has 1 radical (unpaired) electrons. The summed E-state index contributed by atoms with van der Waals surface area (Å²) in [6.07, 6.45) is 0. The van der Waals surface area contributed by atoms with E-state index < -0.39 is 20.5 Å². The second-order valence-corrected chi connectivity index (χ2v) is 8.13. The Bertz CT molecular complexity index is 479. The molecule has 1 aromatic carbocycles. The fourth-order valence-electron chi connectivity index (χ4n) is 1.29. The molecule has 0 saturated heterocycles. The van der Waals surface area contributed by atoms with E-state index in [1.807, 2.05) is 0 Å². The molecule has 0 N–H and O–H groups in total. The van der Waals surface area contributed by atoms with E-state index in [0.29, 0.717) is 4.35 Å². The molecule has 0 heterocycles. The third kappa shape index (κ3) is 2.56. The first kappa shape index (κ1) is 12.6. The van der Waals surface area contributed by atoms with Crippen LogP contribution in [0.25, 0.3) is 0 Å². The molecule has 81 valence electrons. The number of nitriles is 1. The first-order chi connectivity index (χ1) is 7.47. The van der Waals surface area contributed by atoms with Crippen molar-refractivity contribution in [3.8, 4) is 6.07 Å². The first-order valence-corrected chi connectivity index (χ1v) is 7.21. The summed E-state index contributed by atoms with van der Waals surface area (Å²) >= 11 is -2.59. The van der Waals surface area contributed by atoms with Gasteiger partial charge in [-0.15, -0.1) is 0 Å². The van der Waals surface area contributed by atoms with Crippen molar-refractivity contribution in [1.29, 1.82) is 5.26 Å². The SMILES string of the molecule is CC(=O)[As](C(C)=O)c1c[c]c(F)cc1C#N. The maximum atomic E-state index is 12.8. The predicted molar refractivity (Wildman–Crippen MR) is 56.7 cm³/mol. The van der Waals surface area contributed by atoms with Crippen LogP contribution >= 0.6 is 0 Å². The number of carbonyl (C=O) groups excluding carboxylic acids is 2. The zero-order valence-electron chi connectivity index (χ0n) is 8.74. The topological polar surface area (TPSA) is 57.9 Å². The Morgan fingerprint density at radius 2 is 2.00 bits per heavy atom. The second-order valence-electron chi connectivity index (χ2n) is 3.07. The van der Waals surface area contributed by atoms with Crippen molar-refractivity contribution in [3.63, 3.8) is 0 Å².